The summed E-state index contributed by atoms with van der Waals surface area (Å²) in [4.78, 5) is 8.69. The van der Waals surface area contributed by atoms with Crippen LogP contribution < -0.4 is 10.6 Å². The quantitative estimate of drug-likeness (QED) is 0.685. The Labute approximate surface area is 71.3 Å². The molecule has 12 heavy (non-hydrogen) atoms. The van der Waals surface area contributed by atoms with Crippen molar-refractivity contribution in [3.8, 4) is 5.75 Å². The molecule has 1 atom stereocenters. The molecule has 0 saturated carbocycles. The van der Waals surface area contributed by atoms with E-state index in [4.69, 9.17) is 10.6 Å². The summed E-state index contributed by atoms with van der Waals surface area (Å²) in [5.74, 6) is 5.77. The summed E-state index contributed by atoms with van der Waals surface area (Å²) in [6.07, 6.45) is 1.45. The van der Waals surface area contributed by atoms with Gasteiger partial charge in [-0.15, -0.1) is 0 Å². The van der Waals surface area contributed by atoms with Crippen molar-refractivity contribution >= 4 is 0 Å². The molecule has 66 valence electrons. The summed E-state index contributed by atoms with van der Waals surface area (Å²) in [5, 5.41) is 0. The number of ether oxygens (including phenoxy) is 1. The normalized spacial score (nSPS) is 12.6. The van der Waals surface area contributed by atoms with Crippen molar-refractivity contribution in [1.29, 1.82) is 0 Å². The van der Waals surface area contributed by atoms with Gasteiger partial charge in [-0.25, -0.2) is 5.90 Å². The van der Waals surface area contributed by atoms with Crippen LogP contribution in [0.4, 0.5) is 0 Å². The fourth-order valence-corrected chi connectivity index (χ4v) is 0.847. The lowest BCUT2D eigenvalue weighted by atomic mass is 10.2. The van der Waals surface area contributed by atoms with Crippen LogP contribution >= 0.6 is 0 Å². The summed E-state index contributed by atoms with van der Waals surface area (Å²) < 4.78 is 5.01. The highest BCUT2D eigenvalue weighted by Crippen LogP contribution is 2.17. The Morgan fingerprint density at radius 1 is 1.58 bits per heavy atom. The third kappa shape index (κ3) is 1.93. The first-order valence-electron chi connectivity index (χ1n) is 3.63. The third-order valence-electron chi connectivity index (χ3n) is 1.61. The Kier molecular flexibility index (Phi) is 3.01. The molecule has 0 bridgehead atoms. The third-order valence-corrected chi connectivity index (χ3v) is 1.61. The summed E-state index contributed by atoms with van der Waals surface area (Å²) in [6.45, 7) is 1.82. The number of rotatable bonds is 3. The van der Waals surface area contributed by atoms with Crippen LogP contribution in [0.5, 0.6) is 5.75 Å². The summed E-state index contributed by atoms with van der Waals surface area (Å²) in [6, 6.07) is 3.56. The molecule has 0 fully saturated rings. The monoisotopic (exact) mass is 168 g/mol. The fraction of sp³-hybridized carbons (Fsp3) is 0.375. The van der Waals surface area contributed by atoms with E-state index in [2.05, 4.69) is 9.82 Å². The van der Waals surface area contributed by atoms with Gasteiger partial charge in [0.1, 0.15) is 11.9 Å². The van der Waals surface area contributed by atoms with E-state index in [0.717, 1.165) is 11.4 Å². The number of pyridine rings is 1. The van der Waals surface area contributed by atoms with Crippen LogP contribution in [-0.2, 0) is 4.84 Å². The molecule has 4 heteroatoms. The largest absolute Gasteiger partial charge is 0.497 e. The Balaban J connectivity index is 2.86. The lowest BCUT2D eigenvalue weighted by Gasteiger charge is -2.08. The predicted octanol–water partition coefficient (Wildman–Crippen LogP) is 1.04. The zero-order valence-electron chi connectivity index (χ0n) is 7.15. The van der Waals surface area contributed by atoms with Gasteiger partial charge in [0.15, 0.2) is 0 Å². The van der Waals surface area contributed by atoms with Crippen molar-refractivity contribution in [3.63, 3.8) is 0 Å². The van der Waals surface area contributed by atoms with E-state index < -0.39 is 0 Å². The summed E-state index contributed by atoms with van der Waals surface area (Å²) >= 11 is 0. The maximum Gasteiger partial charge on any atom is 0.122 e. The van der Waals surface area contributed by atoms with Crippen LogP contribution in [0.2, 0.25) is 0 Å². The zero-order chi connectivity index (χ0) is 8.97. The molecule has 0 saturated heterocycles. The predicted molar refractivity (Wildman–Crippen MR) is 44.5 cm³/mol. The van der Waals surface area contributed by atoms with E-state index in [1.165, 1.54) is 0 Å². The second kappa shape index (κ2) is 4.04. The Morgan fingerprint density at radius 3 is 2.92 bits per heavy atom. The average molecular weight is 168 g/mol. The van der Waals surface area contributed by atoms with Gasteiger partial charge in [0.25, 0.3) is 0 Å². The highest BCUT2D eigenvalue weighted by atomic mass is 16.6. The number of methoxy groups -OCH3 is 1. The second-order valence-corrected chi connectivity index (χ2v) is 2.40. The van der Waals surface area contributed by atoms with E-state index >= 15 is 0 Å². The van der Waals surface area contributed by atoms with Crippen molar-refractivity contribution in [2.75, 3.05) is 7.11 Å². The molecular formula is C8H12N2O2. The first-order chi connectivity index (χ1) is 5.77. The molecule has 0 spiro atoms. The van der Waals surface area contributed by atoms with Gasteiger partial charge in [0.2, 0.25) is 0 Å². The van der Waals surface area contributed by atoms with Gasteiger partial charge >= 0.3 is 0 Å². The van der Waals surface area contributed by atoms with Crippen LogP contribution in [0.15, 0.2) is 18.3 Å². The van der Waals surface area contributed by atoms with E-state index in [-0.39, 0.29) is 6.10 Å². The molecule has 1 rings (SSSR count). The van der Waals surface area contributed by atoms with Gasteiger partial charge in [0.05, 0.1) is 12.8 Å². The van der Waals surface area contributed by atoms with Crippen molar-refractivity contribution < 1.29 is 9.57 Å². The molecule has 2 N–H and O–H groups in total. The highest BCUT2D eigenvalue weighted by molar-refractivity contribution is 5.23. The zero-order valence-corrected chi connectivity index (χ0v) is 7.15. The van der Waals surface area contributed by atoms with Crippen LogP contribution in [0.25, 0.3) is 0 Å². The average Bonchev–Trinajstić information content (AvgIpc) is 2.17. The highest BCUT2D eigenvalue weighted by Gasteiger charge is 2.05. The second-order valence-electron chi connectivity index (χ2n) is 2.40. The minimum Gasteiger partial charge on any atom is -0.497 e. The van der Waals surface area contributed by atoms with Crippen molar-refractivity contribution in [2.24, 2.45) is 5.90 Å². The SMILES string of the molecule is COc1ccnc(C(C)ON)c1. The van der Waals surface area contributed by atoms with Crippen molar-refractivity contribution in [2.45, 2.75) is 13.0 Å². The molecule has 1 aromatic heterocycles. The lowest BCUT2D eigenvalue weighted by molar-refractivity contribution is 0.0632. The molecule has 1 unspecified atom stereocenters. The van der Waals surface area contributed by atoms with E-state index in [1.54, 1.807) is 25.4 Å². The minimum absolute atomic E-state index is 0.208. The van der Waals surface area contributed by atoms with Crippen LogP contribution in [0.3, 0.4) is 0 Å². The van der Waals surface area contributed by atoms with Crippen molar-refractivity contribution in [1.82, 2.24) is 4.98 Å². The number of aromatic nitrogens is 1. The minimum atomic E-state index is -0.208. The molecule has 4 nitrogen and oxygen atoms in total. The number of hydrogen-bond donors (Lipinski definition) is 1. The molecule has 0 aliphatic carbocycles. The standard InChI is InChI=1S/C8H12N2O2/c1-6(12-9)8-5-7(11-2)3-4-10-8/h3-6H,9H2,1-2H3. The maximum absolute atomic E-state index is 5.01. The van der Waals surface area contributed by atoms with Gasteiger partial charge in [-0.2, -0.15) is 0 Å². The first kappa shape index (κ1) is 8.96. The van der Waals surface area contributed by atoms with Gasteiger partial charge in [-0.3, -0.25) is 9.82 Å². The molecule has 1 heterocycles. The van der Waals surface area contributed by atoms with Crippen molar-refractivity contribution in [3.05, 3.63) is 24.0 Å². The summed E-state index contributed by atoms with van der Waals surface area (Å²) in [5.41, 5.74) is 0.761. The van der Waals surface area contributed by atoms with Crippen LogP contribution in [-0.4, -0.2) is 12.1 Å². The number of nitrogens with two attached hydrogens (primary N) is 1. The maximum atomic E-state index is 5.01. The van der Waals surface area contributed by atoms with Crippen LogP contribution in [0.1, 0.15) is 18.7 Å². The molecule has 0 radical (unpaired) electrons. The summed E-state index contributed by atoms with van der Waals surface area (Å²) in [7, 11) is 1.60. The van der Waals surface area contributed by atoms with E-state index in [0.29, 0.717) is 0 Å². The molecule has 0 aromatic carbocycles. The number of nitrogens with zero attached hydrogens (tertiary/aromatic N) is 1. The topological polar surface area (TPSA) is 57.4 Å². The molecule has 1 aromatic rings. The van der Waals surface area contributed by atoms with Gasteiger partial charge in [0, 0.05) is 12.3 Å². The van der Waals surface area contributed by atoms with Gasteiger partial charge in [-0.1, -0.05) is 0 Å². The molecular weight excluding hydrogens is 156 g/mol. The molecule has 0 aliphatic heterocycles. The first-order valence-corrected chi connectivity index (χ1v) is 3.63. The van der Waals surface area contributed by atoms with E-state index in [1.807, 2.05) is 6.92 Å². The smallest absolute Gasteiger partial charge is 0.122 e. The van der Waals surface area contributed by atoms with Gasteiger partial charge in [-0.05, 0) is 13.0 Å². The van der Waals surface area contributed by atoms with E-state index in [9.17, 15) is 0 Å². The van der Waals surface area contributed by atoms with Gasteiger partial charge < -0.3 is 4.74 Å². The van der Waals surface area contributed by atoms with Crippen LogP contribution in [0, 0.1) is 0 Å². The molecule has 0 amide bonds. The Morgan fingerprint density at radius 2 is 2.33 bits per heavy atom. The lowest BCUT2D eigenvalue weighted by Crippen LogP contribution is -2.07. The molecule has 0 aliphatic rings. The fourth-order valence-electron chi connectivity index (χ4n) is 0.847. The number of hydrogen-bond acceptors (Lipinski definition) is 4. The Hall–Kier alpha value is -1.13. The Bertz CT molecular complexity index is 253.